The summed E-state index contributed by atoms with van der Waals surface area (Å²) >= 11 is 0. The SMILES string of the molecule is Cc1ccc(C(CO)C2CCNCC2)o1. The monoisotopic (exact) mass is 209 g/mol. The molecule has 0 saturated carbocycles. The fraction of sp³-hybridized carbons (Fsp3) is 0.667. The molecule has 1 aliphatic rings. The van der Waals surface area contributed by atoms with Gasteiger partial charge in [0.05, 0.1) is 6.61 Å². The van der Waals surface area contributed by atoms with Crippen LogP contribution in [0.25, 0.3) is 0 Å². The Hall–Kier alpha value is -0.800. The quantitative estimate of drug-likeness (QED) is 0.796. The Balaban J connectivity index is 2.08. The number of furan rings is 1. The highest BCUT2D eigenvalue weighted by molar-refractivity contribution is 5.12. The molecule has 2 heterocycles. The molecule has 2 rings (SSSR count). The lowest BCUT2D eigenvalue weighted by molar-refractivity contribution is 0.183. The van der Waals surface area contributed by atoms with Crippen LogP contribution < -0.4 is 5.32 Å². The van der Waals surface area contributed by atoms with Crippen LogP contribution in [0.5, 0.6) is 0 Å². The molecule has 1 atom stereocenters. The van der Waals surface area contributed by atoms with E-state index in [0.29, 0.717) is 5.92 Å². The highest BCUT2D eigenvalue weighted by atomic mass is 16.3. The van der Waals surface area contributed by atoms with Crippen molar-refractivity contribution in [1.82, 2.24) is 5.32 Å². The van der Waals surface area contributed by atoms with E-state index in [4.69, 9.17) is 4.42 Å². The lowest BCUT2D eigenvalue weighted by atomic mass is 9.84. The first kappa shape index (κ1) is 10.7. The minimum Gasteiger partial charge on any atom is -0.466 e. The number of aryl methyl sites for hydroxylation is 1. The topological polar surface area (TPSA) is 45.4 Å². The molecule has 0 radical (unpaired) electrons. The first-order valence-corrected chi connectivity index (χ1v) is 5.69. The largest absolute Gasteiger partial charge is 0.466 e. The number of rotatable bonds is 3. The Bertz CT molecular complexity index is 302. The second-order valence-electron chi connectivity index (χ2n) is 4.32. The summed E-state index contributed by atoms with van der Waals surface area (Å²) in [6.45, 7) is 4.25. The van der Waals surface area contributed by atoms with Gasteiger partial charge in [0.2, 0.25) is 0 Å². The number of nitrogens with one attached hydrogen (secondary N) is 1. The number of aliphatic hydroxyl groups excluding tert-OH is 1. The van der Waals surface area contributed by atoms with Crippen molar-refractivity contribution in [3.8, 4) is 0 Å². The summed E-state index contributed by atoms with van der Waals surface area (Å²) in [6, 6.07) is 3.97. The predicted octanol–water partition coefficient (Wildman–Crippen LogP) is 1.66. The van der Waals surface area contributed by atoms with Gasteiger partial charge in [-0.25, -0.2) is 0 Å². The van der Waals surface area contributed by atoms with E-state index in [9.17, 15) is 5.11 Å². The molecule has 0 amide bonds. The smallest absolute Gasteiger partial charge is 0.109 e. The Morgan fingerprint density at radius 2 is 2.20 bits per heavy atom. The standard InChI is InChI=1S/C12H19NO2/c1-9-2-3-12(15-9)11(8-14)10-4-6-13-7-5-10/h2-3,10-11,13-14H,4-8H2,1H3. The molecule has 1 aromatic heterocycles. The van der Waals surface area contributed by atoms with E-state index in [-0.39, 0.29) is 12.5 Å². The Morgan fingerprint density at radius 3 is 2.73 bits per heavy atom. The molecular weight excluding hydrogens is 190 g/mol. The summed E-state index contributed by atoms with van der Waals surface area (Å²) in [4.78, 5) is 0. The van der Waals surface area contributed by atoms with Crippen LogP contribution in [0.2, 0.25) is 0 Å². The predicted molar refractivity (Wildman–Crippen MR) is 58.9 cm³/mol. The number of piperidine rings is 1. The Labute approximate surface area is 90.5 Å². The average molecular weight is 209 g/mol. The van der Waals surface area contributed by atoms with Crippen molar-refractivity contribution in [3.05, 3.63) is 23.7 Å². The summed E-state index contributed by atoms with van der Waals surface area (Å²) in [5, 5.41) is 12.8. The zero-order valence-corrected chi connectivity index (χ0v) is 9.20. The maximum absolute atomic E-state index is 9.46. The lowest BCUT2D eigenvalue weighted by Gasteiger charge is -2.28. The molecule has 2 N–H and O–H groups in total. The summed E-state index contributed by atoms with van der Waals surface area (Å²) in [6.07, 6.45) is 2.26. The van der Waals surface area contributed by atoms with Crippen molar-refractivity contribution in [2.24, 2.45) is 5.92 Å². The Kier molecular flexibility index (Phi) is 3.44. The molecule has 0 aliphatic carbocycles. The normalized spacial score (nSPS) is 20.4. The third kappa shape index (κ3) is 2.41. The van der Waals surface area contributed by atoms with Crippen LogP contribution in [0.4, 0.5) is 0 Å². The van der Waals surface area contributed by atoms with Crippen molar-refractivity contribution in [2.75, 3.05) is 19.7 Å². The third-order valence-electron chi connectivity index (χ3n) is 3.28. The molecule has 0 bridgehead atoms. The highest BCUT2D eigenvalue weighted by Gasteiger charge is 2.26. The van der Waals surface area contributed by atoms with Gasteiger partial charge in [0.25, 0.3) is 0 Å². The van der Waals surface area contributed by atoms with Gasteiger partial charge in [-0.3, -0.25) is 0 Å². The number of hydrogen-bond acceptors (Lipinski definition) is 3. The van der Waals surface area contributed by atoms with Crippen LogP contribution in [0.3, 0.4) is 0 Å². The van der Waals surface area contributed by atoms with E-state index in [1.54, 1.807) is 0 Å². The van der Waals surface area contributed by atoms with Gasteiger partial charge in [-0.1, -0.05) is 0 Å². The van der Waals surface area contributed by atoms with Crippen LogP contribution in [0.1, 0.15) is 30.3 Å². The second kappa shape index (κ2) is 4.81. The molecular formula is C12H19NO2. The second-order valence-corrected chi connectivity index (χ2v) is 4.32. The van der Waals surface area contributed by atoms with Crippen LogP contribution in [0, 0.1) is 12.8 Å². The van der Waals surface area contributed by atoms with Gasteiger partial charge in [-0.05, 0) is 50.9 Å². The molecule has 84 valence electrons. The van der Waals surface area contributed by atoms with Crippen LogP contribution in [0.15, 0.2) is 16.5 Å². The summed E-state index contributed by atoms with van der Waals surface area (Å²) in [5.41, 5.74) is 0. The van der Waals surface area contributed by atoms with E-state index in [2.05, 4.69) is 5.32 Å². The number of aliphatic hydroxyl groups is 1. The Morgan fingerprint density at radius 1 is 1.47 bits per heavy atom. The summed E-state index contributed by atoms with van der Waals surface area (Å²) in [5.74, 6) is 2.61. The van der Waals surface area contributed by atoms with Crippen molar-refractivity contribution in [3.63, 3.8) is 0 Å². The van der Waals surface area contributed by atoms with E-state index in [1.165, 1.54) is 0 Å². The zero-order valence-electron chi connectivity index (χ0n) is 9.20. The molecule has 1 fully saturated rings. The summed E-state index contributed by atoms with van der Waals surface area (Å²) in [7, 11) is 0. The third-order valence-corrected chi connectivity index (χ3v) is 3.28. The van der Waals surface area contributed by atoms with E-state index >= 15 is 0 Å². The van der Waals surface area contributed by atoms with E-state index in [0.717, 1.165) is 37.5 Å². The first-order chi connectivity index (χ1) is 7.31. The minimum atomic E-state index is 0.181. The van der Waals surface area contributed by atoms with Crippen molar-refractivity contribution >= 4 is 0 Å². The van der Waals surface area contributed by atoms with E-state index < -0.39 is 0 Å². The van der Waals surface area contributed by atoms with Gasteiger partial charge >= 0.3 is 0 Å². The molecule has 0 spiro atoms. The highest BCUT2D eigenvalue weighted by Crippen LogP contribution is 2.31. The van der Waals surface area contributed by atoms with Gasteiger partial charge in [-0.2, -0.15) is 0 Å². The van der Waals surface area contributed by atoms with Crippen molar-refractivity contribution in [2.45, 2.75) is 25.7 Å². The van der Waals surface area contributed by atoms with Crippen LogP contribution >= 0.6 is 0 Å². The number of hydrogen-bond donors (Lipinski definition) is 2. The fourth-order valence-electron chi connectivity index (χ4n) is 2.37. The zero-order chi connectivity index (χ0) is 10.7. The van der Waals surface area contributed by atoms with Gasteiger partial charge in [0.1, 0.15) is 11.5 Å². The maximum Gasteiger partial charge on any atom is 0.109 e. The molecule has 3 nitrogen and oxygen atoms in total. The molecule has 0 aromatic carbocycles. The van der Waals surface area contributed by atoms with Crippen molar-refractivity contribution < 1.29 is 9.52 Å². The van der Waals surface area contributed by atoms with E-state index in [1.807, 2.05) is 19.1 Å². The van der Waals surface area contributed by atoms with Gasteiger partial charge < -0.3 is 14.8 Å². The molecule has 15 heavy (non-hydrogen) atoms. The van der Waals surface area contributed by atoms with Crippen molar-refractivity contribution in [1.29, 1.82) is 0 Å². The van der Waals surface area contributed by atoms with Gasteiger partial charge in [-0.15, -0.1) is 0 Å². The molecule has 1 unspecified atom stereocenters. The maximum atomic E-state index is 9.46. The molecule has 1 aliphatic heterocycles. The van der Waals surface area contributed by atoms with Crippen LogP contribution in [-0.2, 0) is 0 Å². The molecule has 3 heteroatoms. The first-order valence-electron chi connectivity index (χ1n) is 5.69. The average Bonchev–Trinajstić information content (AvgIpc) is 2.68. The van der Waals surface area contributed by atoms with Gasteiger partial charge in [0, 0.05) is 5.92 Å². The lowest BCUT2D eigenvalue weighted by Crippen LogP contribution is -2.31. The minimum absolute atomic E-state index is 0.181. The molecule has 1 aromatic rings. The fourth-order valence-corrected chi connectivity index (χ4v) is 2.37. The van der Waals surface area contributed by atoms with Crippen LogP contribution in [-0.4, -0.2) is 24.8 Å². The molecule has 1 saturated heterocycles. The van der Waals surface area contributed by atoms with Gasteiger partial charge in [0.15, 0.2) is 0 Å². The summed E-state index contributed by atoms with van der Waals surface area (Å²) < 4.78 is 5.61.